The van der Waals surface area contributed by atoms with Crippen molar-refractivity contribution in [2.75, 3.05) is 32.8 Å². The van der Waals surface area contributed by atoms with E-state index in [0.717, 1.165) is 0 Å². The third kappa shape index (κ3) is 4.35. The molecular weight excluding hydrogens is 264 g/mol. The van der Waals surface area contributed by atoms with Gasteiger partial charge in [0, 0.05) is 19.2 Å². The highest BCUT2D eigenvalue weighted by Gasteiger charge is 2.44. The summed E-state index contributed by atoms with van der Waals surface area (Å²) >= 11 is 0. The molecule has 1 fully saturated rings. The summed E-state index contributed by atoms with van der Waals surface area (Å²) in [5.41, 5.74) is -0.576. The number of urea groups is 1. The molecule has 0 saturated carbocycles. The minimum Gasteiger partial charge on any atom is -0.480 e. The average molecular weight is 288 g/mol. The smallest absolute Gasteiger partial charge is 0.329 e. The van der Waals surface area contributed by atoms with Gasteiger partial charge < -0.3 is 24.7 Å². The standard InChI is InChI=1S/C13H24N2O5/c1-10(2)15(5-4-6-16)12(19)14-8-13(3,9-14)20-7-11(17)18/h10,16H,4-9H2,1-3H3,(H,17,18). The molecule has 116 valence electrons. The number of hydrogen-bond acceptors (Lipinski definition) is 4. The van der Waals surface area contributed by atoms with Crippen molar-refractivity contribution in [1.82, 2.24) is 9.80 Å². The molecule has 0 bridgehead atoms. The number of nitrogens with zero attached hydrogens (tertiary/aromatic N) is 2. The Labute approximate surface area is 119 Å². The summed E-state index contributed by atoms with van der Waals surface area (Å²) in [6.45, 7) is 6.64. The molecule has 2 N–H and O–H groups in total. The molecule has 0 aromatic carbocycles. The quantitative estimate of drug-likeness (QED) is 0.706. The van der Waals surface area contributed by atoms with Crippen LogP contribution in [0.15, 0.2) is 0 Å². The second kappa shape index (κ2) is 6.90. The molecule has 2 amide bonds. The molecule has 20 heavy (non-hydrogen) atoms. The summed E-state index contributed by atoms with van der Waals surface area (Å²) in [7, 11) is 0. The summed E-state index contributed by atoms with van der Waals surface area (Å²) in [6, 6.07) is -0.0364. The van der Waals surface area contributed by atoms with Crippen molar-refractivity contribution < 1.29 is 24.5 Å². The van der Waals surface area contributed by atoms with Crippen molar-refractivity contribution in [3.05, 3.63) is 0 Å². The molecule has 0 spiro atoms. The number of ether oxygens (including phenoxy) is 1. The number of carbonyl (C=O) groups is 2. The fourth-order valence-electron chi connectivity index (χ4n) is 2.22. The fraction of sp³-hybridized carbons (Fsp3) is 0.846. The number of carboxylic acid groups (broad SMARTS) is 1. The lowest BCUT2D eigenvalue weighted by Crippen LogP contribution is -2.66. The lowest BCUT2D eigenvalue weighted by atomic mass is 9.97. The second-order valence-electron chi connectivity index (χ2n) is 5.64. The van der Waals surface area contributed by atoms with Gasteiger partial charge in [0.15, 0.2) is 0 Å². The van der Waals surface area contributed by atoms with E-state index < -0.39 is 11.6 Å². The molecular formula is C13H24N2O5. The number of aliphatic hydroxyl groups is 1. The fourth-order valence-corrected chi connectivity index (χ4v) is 2.22. The van der Waals surface area contributed by atoms with Gasteiger partial charge in [0.05, 0.1) is 13.1 Å². The van der Waals surface area contributed by atoms with E-state index in [2.05, 4.69) is 0 Å². The Balaban J connectivity index is 2.47. The van der Waals surface area contributed by atoms with Crippen LogP contribution >= 0.6 is 0 Å². The Morgan fingerprint density at radius 2 is 2.00 bits per heavy atom. The van der Waals surface area contributed by atoms with Crippen molar-refractivity contribution in [2.45, 2.75) is 38.8 Å². The number of aliphatic carboxylic acids is 1. The molecule has 1 rings (SSSR count). The van der Waals surface area contributed by atoms with Crippen molar-refractivity contribution >= 4 is 12.0 Å². The van der Waals surface area contributed by atoms with Crippen LogP contribution in [0.5, 0.6) is 0 Å². The predicted molar refractivity (Wildman–Crippen MR) is 72.5 cm³/mol. The third-order valence-corrected chi connectivity index (χ3v) is 3.29. The Morgan fingerprint density at radius 3 is 2.45 bits per heavy atom. The molecule has 0 unspecified atom stereocenters. The zero-order valence-corrected chi connectivity index (χ0v) is 12.3. The normalized spacial score (nSPS) is 16.9. The summed E-state index contributed by atoms with van der Waals surface area (Å²) in [4.78, 5) is 26.1. The van der Waals surface area contributed by atoms with Crippen LogP contribution in [0, 0.1) is 0 Å². The molecule has 1 saturated heterocycles. The first-order chi connectivity index (χ1) is 9.29. The van der Waals surface area contributed by atoms with Crippen LogP contribution in [0.25, 0.3) is 0 Å². The Kier molecular flexibility index (Phi) is 5.76. The molecule has 7 nitrogen and oxygen atoms in total. The van der Waals surface area contributed by atoms with Gasteiger partial charge in [-0.3, -0.25) is 0 Å². The SMILES string of the molecule is CC(C)N(CCCO)C(=O)N1CC(C)(OCC(=O)O)C1. The highest BCUT2D eigenvalue weighted by Crippen LogP contribution is 2.26. The van der Waals surface area contributed by atoms with Crippen molar-refractivity contribution in [2.24, 2.45) is 0 Å². The van der Waals surface area contributed by atoms with Gasteiger partial charge in [0.1, 0.15) is 12.2 Å². The van der Waals surface area contributed by atoms with E-state index >= 15 is 0 Å². The first-order valence-corrected chi connectivity index (χ1v) is 6.81. The topological polar surface area (TPSA) is 90.3 Å². The maximum Gasteiger partial charge on any atom is 0.329 e. The summed E-state index contributed by atoms with van der Waals surface area (Å²) in [5.74, 6) is -1.01. The molecule has 1 aliphatic rings. The van der Waals surface area contributed by atoms with Crippen molar-refractivity contribution in [1.29, 1.82) is 0 Å². The van der Waals surface area contributed by atoms with Gasteiger partial charge in [0.2, 0.25) is 0 Å². The van der Waals surface area contributed by atoms with Gasteiger partial charge in [0.25, 0.3) is 0 Å². The Hall–Kier alpha value is -1.34. The first-order valence-electron chi connectivity index (χ1n) is 6.81. The third-order valence-electron chi connectivity index (χ3n) is 3.29. The van der Waals surface area contributed by atoms with Gasteiger partial charge in [-0.2, -0.15) is 0 Å². The summed E-state index contributed by atoms with van der Waals surface area (Å²) in [6.07, 6.45) is 0.546. The number of aliphatic hydroxyl groups excluding tert-OH is 1. The highest BCUT2D eigenvalue weighted by molar-refractivity contribution is 5.76. The van der Waals surface area contributed by atoms with E-state index in [9.17, 15) is 9.59 Å². The molecule has 7 heteroatoms. The zero-order chi connectivity index (χ0) is 15.3. The molecule has 0 aromatic rings. The second-order valence-corrected chi connectivity index (χ2v) is 5.64. The van der Waals surface area contributed by atoms with Gasteiger partial charge in [-0.25, -0.2) is 9.59 Å². The number of hydrogen-bond donors (Lipinski definition) is 2. The van der Waals surface area contributed by atoms with Crippen molar-refractivity contribution in [3.63, 3.8) is 0 Å². The molecule has 0 aromatic heterocycles. The summed E-state index contributed by atoms with van der Waals surface area (Å²) in [5, 5.41) is 17.5. The van der Waals surface area contributed by atoms with E-state index in [1.54, 1.807) is 16.7 Å². The number of amides is 2. The zero-order valence-electron chi connectivity index (χ0n) is 12.3. The van der Waals surface area contributed by atoms with Crippen LogP contribution in [-0.2, 0) is 9.53 Å². The van der Waals surface area contributed by atoms with Gasteiger partial charge >= 0.3 is 12.0 Å². The maximum absolute atomic E-state index is 12.3. The Bertz CT molecular complexity index is 353. The number of rotatable bonds is 7. The maximum atomic E-state index is 12.3. The summed E-state index contributed by atoms with van der Waals surface area (Å²) < 4.78 is 5.28. The average Bonchev–Trinajstić information content (AvgIpc) is 2.32. The number of carbonyl (C=O) groups excluding carboxylic acids is 1. The highest BCUT2D eigenvalue weighted by atomic mass is 16.5. The van der Waals surface area contributed by atoms with E-state index in [4.69, 9.17) is 14.9 Å². The minimum absolute atomic E-state index is 0.0515. The van der Waals surface area contributed by atoms with E-state index in [-0.39, 0.29) is 25.3 Å². The monoisotopic (exact) mass is 288 g/mol. The van der Waals surface area contributed by atoms with E-state index in [1.165, 1.54) is 0 Å². The van der Waals surface area contributed by atoms with E-state index in [1.807, 2.05) is 13.8 Å². The number of carboxylic acids is 1. The predicted octanol–water partition coefficient (Wildman–Crippen LogP) is 0.375. The van der Waals surface area contributed by atoms with Gasteiger partial charge in [-0.1, -0.05) is 0 Å². The van der Waals surface area contributed by atoms with Gasteiger partial charge in [-0.05, 0) is 27.2 Å². The lowest BCUT2D eigenvalue weighted by molar-refractivity contribution is -0.160. The van der Waals surface area contributed by atoms with Crippen LogP contribution in [-0.4, -0.2) is 76.5 Å². The Morgan fingerprint density at radius 1 is 1.40 bits per heavy atom. The minimum atomic E-state index is -1.01. The van der Waals surface area contributed by atoms with Crippen LogP contribution in [0.4, 0.5) is 4.79 Å². The largest absolute Gasteiger partial charge is 0.480 e. The van der Waals surface area contributed by atoms with Crippen LogP contribution in [0.2, 0.25) is 0 Å². The molecule has 0 radical (unpaired) electrons. The lowest BCUT2D eigenvalue weighted by Gasteiger charge is -2.49. The van der Waals surface area contributed by atoms with Crippen molar-refractivity contribution in [3.8, 4) is 0 Å². The molecule has 1 aliphatic heterocycles. The van der Waals surface area contributed by atoms with E-state index in [0.29, 0.717) is 26.1 Å². The first kappa shape index (κ1) is 16.7. The molecule has 0 aliphatic carbocycles. The molecule has 1 heterocycles. The van der Waals surface area contributed by atoms with Crippen LogP contribution < -0.4 is 0 Å². The van der Waals surface area contributed by atoms with Crippen LogP contribution in [0.1, 0.15) is 27.2 Å². The number of likely N-dealkylation sites (tertiary alicyclic amines) is 1. The molecule has 0 atom stereocenters. The van der Waals surface area contributed by atoms with Gasteiger partial charge in [-0.15, -0.1) is 0 Å². The van der Waals surface area contributed by atoms with Crippen LogP contribution in [0.3, 0.4) is 0 Å².